The van der Waals surface area contributed by atoms with E-state index in [2.05, 4.69) is 15.1 Å². The van der Waals surface area contributed by atoms with Crippen molar-refractivity contribution in [2.45, 2.75) is 13.0 Å². The standard InChI is InChI=1S/C22H28FN3O2S/c1-27-20-8-5-17(15-21(20)28-2)9-10-24-22(29)26-13-11-25(12-14-26)16-18-3-6-19(23)7-4-18/h3-8,15H,9-14,16H2,1-2H3,(H,24,29). The molecular weight excluding hydrogens is 389 g/mol. The van der Waals surface area contributed by atoms with Crippen molar-refractivity contribution in [1.82, 2.24) is 15.1 Å². The lowest BCUT2D eigenvalue weighted by Gasteiger charge is -2.36. The van der Waals surface area contributed by atoms with Crippen LogP contribution in [0.3, 0.4) is 0 Å². The van der Waals surface area contributed by atoms with Crippen molar-refractivity contribution in [3.8, 4) is 11.5 Å². The zero-order valence-corrected chi connectivity index (χ0v) is 17.8. The second-order valence-electron chi connectivity index (χ2n) is 7.06. The number of hydrogen-bond donors (Lipinski definition) is 1. The van der Waals surface area contributed by atoms with E-state index in [1.807, 2.05) is 30.3 Å². The van der Waals surface area contributed by atoms with E-state index in [0.29, 0.717) is 0 Å². The molecule has 0 aliphatic carbocycles. The molecule has 0 bridgehead atoms. The molecule has 1 heterocycles. The molecule has 0 saturated carbocycles. The zero-order chi connectivity index (χ0) is 20.6. The van der Waals surface area contributed by atoms with Gasteiger partial charge >= 0.3 is 0 Å². The normalized spacial score (nSPS) is 14.5. The predicted octanol–water partition coefficient (Wildman–Crippen LogP) is 3.08. The lowest BCUT2D eigenvalue weighted by atomic mass is 10.1. The Labute approximate surface area is 177 Å². The fourth-order valence-corrected chi connectivity index (χ4v) is 3.70. The van der Waals surface area contributed by atoms with Crippen LogP contribution < -0.4 is 14.8 Å². The summed E-state index contributed by atoms with van der Waals surface area (Å²) in [7, 11) is 3.28. The van der Waals surface area contributed by atoms with Gasteiger partial charge in [0.05, 0.1) is 14.2 Å². The fourth-order valence-electron chi connectivity index (χ4n) is 3.42. The highest BCUT2D eigenvalue weighted by Gasteiger charge is 2.18. The lowest BCUT2D eigenvalue weighted by Crippen LogP contribution is -2.51. The molecule has 2 aromatic carbocycles. The van der Waals surface area contributed by atoms with Crippen molar-refractivity contribution >= 4 is 17.3 Å². The van der Waals surface area contributed by atoms with Gasteiger partial charge < -0.3 is 19.7 Å². The summed E-state index contributed by atoms with van der Waals surface area (Å²) in [5.74, 6) is 1.28. The van der Waals surface area contributed by atoms with Crippen molar-refractivity contribution in [2.24, 2.45) is 0 Å². The van der Waals surface area contributed by atoms with Crippen LogP contribution in [0.1, 0.15) is 11.1 Å². The third-order valence-corrected chi connectivity index (χ3v) is 5.52. The molecule has 0 atom stereocenters. The van der Waals surface area contributed by atoms with E-state index in [1.54, 1.807) is 14.2 Å². The minimum absolute atomic E-state index is 0.192. The Kier molecular flexibility index (Phi) is 7.66. The van der Waals surface area contributed by atoms with Crippen molar-refractivity contribution in [3.63, 3.8) is 0 Å². The maximum absolute atomic E-state index is 13.0. The Bertz CT molecular complexity index is 808. The monoisotopic (exact) mass is 417 g/mol. The molecule has 29 heavy (non-hydrogen) atoms. The van der Waals surface area contributed by atoms with Gasteiger partial charge in [0.25, 0.3) is 0 Å². The van der Waals surface area contributed by atoms with Gasteiger partial charge in [-0.1, -0.05) is 18.2 Å². The molecule has 1 fully saturated rings. The third-order valence-electron chi connectivity index (χ3n) is 5.12. The van der Waals surface area contributed by atoms with Gasteiger partial charge in [0.15, 0.2) is 16.6 Å². The Hall–Kier alpha value is -2.38. The highest BCUT2D eigenvalue weighted by Crippen LogP contribution is 2.27. The van der Waals surface area contributed by atoms with E-state index in [-0.39, 0.29) is 5.82 Å². The van der Waals surface area contributed by atoms with E-state index in [4.69, 9.17) is 21.7 Å². The fraction of sp³-hybridized carbons (Fsp3) is 0.409. The van der Waals surface area contributed by atoms with Gasteiger partial charge in [-0.2, -0.15) is 0 Å². The first-order valence-electron chi connectivity index (χ1n) is 9.79. The molecule has 1 saturated heterocycles. The van der Waals surface area contributed by atoms with Crippen LogP contribution in [0.2, 0.25) is 0 Å². The van der Waals surface area contributed by atoms with E-state index in [1.165, 1.54) is 17.7 Å². The molecule has 0 spiro atoms. The van der Waals surface area contributed by atoms with Gasteiger partial charge in [-0.25, -0.2) is 4.39 Å². The number of ether oxygens (including phenoxy) is 2. The number of hydrogen-bond acceptors (Lipinski definition) is 4. The molecule has 156 valence electrons. The van der Waals surface area contributed by atoms with E-state index < -0.39 is 0 Å². The van der Waals surface area contributed by atoms with Crippen LogP contribution >= 0.6 is 12.2 Å². The molecular formula is C22H28FN3O2S. The number of nitrogens with one attached hydrogen (secondary N) is 1. The molecule has 3 rings (SSSR count). The van der Waals surface area contributed by atoms with Gasteiger partial charge in [-0.05, 0) is 54.0 Å². The second kappa shape index (κ2) is 10.4. The van der Waals surface area contributed by atoms with Crippen LogP contribution in [0.25, 0.3) is 0 Å². The number of thiocarbonyl (C=S) groups is 1. The summed E-state index contributed by atoms with van der Waals surface area (Å²) in [6.45, 7) is 5.27. The Morgan fingerprint density at radius 1 is 0.966 bits per heavy atom. The van der Waals surface area contributed by atoms with Crippen LogP contribution in [-0.4, -0.2) is 61.9 Å². The van der Waals surface area contributed by atoms with Crippen LogP contribution in [0, 0.1) is 5.82 Å². The minimum atomic E-state index is -0.192. The number of halogens is 1. The van der Waals surface area contributed by atoms with Crippen LogP contribution in [0.5, 0.6) is 11.5 Å². The first kappa shape index (κ1) is 21.3. The molecule has 1 aliphatic heterocycles. The highest BCUT2D eigenvalue weighted by molar-refractivity contribution is 7.80. The number of piperazine rings is 1. The first-order valence-corrected chi connectivity index (χ1v) is 10.2. The SMILES string of the molecule is COc1ccc(CCNC(=S)N2CCN(Cc3ccc(F)cc3)CC2)cc1OC. The average Bonchev–Trinajstić information content (AvgIpc) is 2.75. The maximum atomic E-state index is 13.0. The summed E-state index contributed by atoms with van der Waals surface area (Å²) in [6.07, 6.45) is 0.852. The molecule has 0 amide bonds. The van der Waals surface area contributed by atoms with Gasteiger partial charge in [-0.15, -0.1) is 0 Å². The topological polar surface area (TPSA) is 37.0 Å². The quantitative estimate of drug-likeness (QED) is 0.698. The average molecular weight is 418 g/mol. The van der Waals surface area contributed by atoms with Crippen LogP contribution in [0.4, 0.5) is 4.39 Å². The number of methoxy groups -OCH3 is 2. The lowest BCUT2D eigenvalue weighted by molar-refractivity contribution is 0.174. The highest BCUT2D eigenvalue weighted by atomic mass is 32.1. The summed E-state index contributed by atoms with van der Waals surface area (Å²) >= 11 is 5.57. The molecule has 1 N–H and O–H groups in total. The number of rotatable bonds is 7. The third kappa shape index (κ3) is 6.05. The van der Waals surface area contributed by atoms with Gasteiger partial charge in [0.1, 0.15) is 5.82 Å². The van der Waals surface area contributed by atoms with Crippen LogP contribution in [-0.2, 0) is 13.0 Å². The molecule has 0 radical (unpaired) electrons. The van der Waals surface area contributed by atoms with E-state index >= 15 is 0 Å². The molecule has 0 aromatic heterocycles. The molecule has 7 heteroatoms. The van der Waals surface area contributed by atoms with Crippen molar-refractivity contribution in [2.75, 3.05) is 46.9 Å². The zero-order valence-electron chi connectivity index (χ0n) is 17.0. The largest absolute Gasteiger partial charge is 0.493 e. The molecule has 5 nitrogen and oxygen atoms in total. The summed E-state index contributed by atoms with van der Waals surface area (Å²) in [5.41, 5.74) is 2.30. The van der Waals surface area contributed by atoms with Gasteiger partial charge in [0.2, 0.25) is 0 Å². The number of benzene rings is 2. The Balaban J connectivity index is 1.40. The predicted molar refractivity (Wildman–Crippen MR) is 117 cm³/mol. The van der Waals surface area contributed by atoms with E-state index in [9.17, 15) is 4.39 Å². The minimum Gasteiger partial charge on any atom is -0.493 e. The second-order valence-corrected chi connectivity index (χ2v) is 7.45. The molecule has 0 unspecified atom stereocenters. The van der Waals surface area contributed by atoms with Crippen molar-refractivity contribution in [3.05, 3.63) is 59.4 Å². The first-order chi connectivity index (χ1) is 14.1. The summed E-state index contributed by atoms with van der Waals surface area (Å²) < 4.78 is 23.7. The molecule has 1 aliphatic rings. The van der Waals surface area contributed by atoms with Gasteiger partial charge in [0, 0.05) is 39.3 Å². The summed E-state index contributed by atoms with van der Waals surface area (Å²) in [6, 6.07) is 12.7. The Morgan fingerprint density at radius 2 is 1.62 bits per heavy atom. The maximum Gasteiger partial charge on any atom is 0.169 e. The van der Waals surface area contributed by atoms with Gasteiger partial charge in [-0.3, -0.25) is 4.90 Å². The number of nitrogens with zero attached hydrogens (tertiary/aromatic N) is 2. The van der Waals surface area contributed by atoms with E-state index in [0.717, 1.165) is 67.9 Å². The molecule has 2 aromatic rings. The van der Waals surface area contributed by atoms with Crippen molar-refractivity contribution in [1.29, 1.82) is 0 Å². The van der Waals surface area contributed by atoms with Crippen LogP contribution in [0.15, 0.2) is 42.5 Å². The van der Waals surface area contributed by atoms with Crippen molar-refractivity contribution < 1.29 is 13.9 Å². The Morgan fingerprint density at radius 3 is 2.28 bits per heavy atom. The summed E-state index contributed by atoms with van der Waals surface area (Å²) in [4.78, 5) is 4.58. The smallest absolute Gasteiger partial charge is 0.169 e. The summed E-state index contributed by atoms with van der Waals surface area (Å²) in [5, 5.41) is 4.16.